The number of halogens is 4. The van der Waals surface area contributed by atoms with Crippen LogP contribution in [0.15, 0.2) is 46.4 Å². The van der Waals surface area contributed by atoms with Gasteiger partial charge in [-0.25, -0.2) is 17.6 Å². The highest BCUT2D eigenvalue weighted by Crippen LogP contribution is 2.40. The Morgan fingerprint density at radius 3 is 1.53 bits per heavy atom. The minimum Gasteiger partial charge on any atom is -0.497 e. The molecule has 2 aromatic rings. The van der Waals surface area contributed by atoms with Gasteiger partial charge in [-0.05, 0) is 55.7 Å². The number of hydrogen-bond acceptors (Lipinski definition) is 8. The molecule has 6 rings (SSSR count). The van der Waals surface area contributed by atoms with E-state index < -0.39 is 61.0 Å². The van der Waals surface area contributed by atoms with Crippen LogP contribution in [0, 0.1) is 0 Å². The number of aliphatic imine (C=N–C) groups is 2. The maximum atomic E-state index is 15.0. The molecule has 2 unspecified atom stereocenters. The van der Waals surface area contributed by atoms with E-state index >= 15 is 0 Å². The molecule has 0 spiro atoms. The monoisotopic (exact) mass is 632 g/mol. The van der Waals surface area contributed by atoms with Gasteiger partial charge in [0.15, 0.2) is 0 Å². The Balaban J connectivity index is 1.01. The van der Waals surface area contributed by atoms with Crippen LogP contribution in [0.5, 0.6) is 11.5 Å². The van der Waals surface area contributed by atoms with Crippen molar-refractivity contribution in [2.75, 3.05) is 40.5 Å². The minimum atomic E-state index is -3.30. The van der Waals surface area contributed by atoms with E-state index in [-0.39, 0.29) is 24.3 Å². The summed E-state index contributed by atoms with van der Waals surface area (Å²) in [5.41, 5.74) is 1.06. The van der Waals surface area contributed by atoms with Crippen LogP contribution >= 0.6 is 0 Å². The van der Waals surface area contributed by atoms with E-state index in [0.29, 0.717) is 42.1 Å². The quantitative estimate of drug-likeness (QED) is 0.278. The summed E-state index contributed by atoms with van der Waals surface area (Å²) in [6, 6.07) is 7.29. The summed E-state index contributed by atoms with van der Waals surface area (Å²) >= 11 is 0. The number of alkyl halides is 4. The van der Waals surface area contributed by atoms with Crippen molar-refractivity contribution in [2.24, 2.45) is 9.98 Å². The summed E-state index contributed by atoms with van der Waals surface area (Å²) in [6.45, 7) is -1.69. The lowest BCUT2D eigenvalue weighted by Gasteiger charge is -2.24. The van der Waals surface area contributed by atoms with Gasteiger partial charge in [0, 0.05) is 25.6 Å². The lowest BCUT2D eigenvalue weighted by Crippen LogP contribution is -2.42. The van der Waals surface area contributed by atoms with Crippen LogP contribution in [-0.2, 0) is 9.47 Å². The van der Waals surface area contributed by atoms with Crippen molar-refractivity contribution in [3.05, 3.63) is 47.5 Å². The zero-order chi connectivity index (χ0) is 31.9. The fraction of sp³-hybridized carbons (Fsp3) is 0.484. The summed E-state index contributed by atoms with van der Waals surface area (Å²) in [5.74, 6) is -6.94. The highest BCUT2D eigenvalue weighted by atomic mass is 19.3. The van der Waals surface area contributed by atoms with Crippen molar-refractivity contribution < 1.29 is 46.1 Å². The summed E-state index contributed by atoms with van der Waals surface area (Å²) in [4.78, 5) is 36.9. The first-order valence-electron chi connectivity index (χ1n) is 14.6. The lowest BCUT2D eigenvalue weighted by atomic mass is 10.1. The molecule has 0 saturated carbocycles. The molecule has 2 fully saturated rings. The molecule has 4 aliphatic heterocycles. The number of benzene rings is 2. The van der Waals surface area contributed by atoms with Crippen LogP contribution in [0.3, 0.4) is 0 Å². The molecule has 4 aliphatic rings. The molecule has 4 atom stereocenters. The van der Waals surface area contributed by atoms with Crippen LogP contribution in [-0.4, -0.2) is 111 Å². The average Bonchev–Trinajstić information content (AvgIpc) is 3.32. The largest absolute Gasteiger partial charge is 0.497 e. The van der Waals surface area contributed by atoms with Crippen molar-refractivity contribution >= 4 is 35.6 Å². The molecule has 0 aromatic heterocycles. The molecule has 4 heterocycles. The van der Waals surface area contributed by atoms with Gasteiger partial charge in [-0.2, -0.15) is 0 Å². The number of fused-ring (bicyclic) bond motifs is 4. The van der Waals surface area contributed by atoms with E-state index in [1.807, 2.05) is 0 Å². The third kappa shape index (κ3) is 5.76. The standard InChI is InChI=1S/C31H32F4N4O6/c1-42-18-6-8-22-20(12-18)28(40)38-16-30(32,33)26(24(38)14-36-22)44-10-4-3-5-11-45-27-25-15-37-23-9-7-19(43-2)13-21(23)29(41)39(25)17-31(27,34)35/h6-9,12-15,24-27H,3-5,10-11,16-17H2,1-2H3/t24-,25-,26?,27?/m1/s1. The second kappa shape index (κ2) is 12.0. The lowest BCUT2D eigenvalue weighted by molar-refractivity contribution is -0.112. The van der Waals surface area contributed by atoms with Crippen molar-refractivity contribution in [3.8, 4) is 11.5 Å². The fourth-order valence-electron chi connectivity index (χ4n) is 6.12. The number of carbonyl (C=O) groups excluding carboxylic acids is 2. The third-order valence-electron chi connectivity index (χ3n) is 8.44. The van der Waals surface area contributed by atoms with Crippen LogP contribution in [0.1, 0.15) is 40.0 Å². The molecule has 45 heavy (non-hydrogen) atoms. The average molecular weight is 633 g/mol. The molecule has 0 bridgehead atoms. The zero-order valence-electron chi connectivity index (χ0n) is 24.6. The Morgan fingerprint density at radius 1 is 0.711 bits per heavy atom. The fourth-order valence-corrected chi connectivity index (χ4v) is 6.12. The molecular weight excluding hydrogens is 600 g/mol. The van der Waals surface area contributed by atoms with Gasteiger partial charge < -0.3 is 28.7 Å². The van der Waals surface area contributed by atoms with E-state index in [4.69, 9.17) is 18.9 Å². The normalized spacial score (nSPS) is 25.7. The minimum absolute atomic E-state index is 0.0354. The molecular formula is C31H32F4N4O6. The predicted octanol–water partition coefficient (Wildman–Crippen LogP) is 4.70. The molecule has 0 aliphatic carbocycles. The van der Waals surface area contributed by atoms with E-state index in [1.165, 1.54) is 38.8 Å². The second-order valence-corrected chi connectivity index (χ2v) is 11.3. The number of nitrogens with zero attached hydrogens (tertiary/aromatic N) is 4. The Morgan fingerprint density at radius 2 is 1.13 bits per heavy atom. The molecule has 0 N–H and O–H groups in total. The molecule has 10 nitrogen and oxygen atoms in total. The highest BCUT2D eigenvalue weighted by molar-refractivity contribution is 6.04. The van der Waals surface area contributed by atoms with E-state index in [2.05, 4.69) is 9.98 Å². The summed E-state index contributed by atoms with van der Waals surface area (Å²) in [5, 5.41) is 0. The van der Waals surface area contributed by atoms with Crippen LogP contribution in [0.25, 0.3) is 0 Å². The third-order valence-corrected chi connectivity index (χ3v) is 8.44. The molecule has 0 radical (unpaired) electrons. The number of carbonyl (C=O) groups is 2. The van der Waals surface area contributed by atoms with Gasteiger partial charge in [0.25, 0.3) is 23.7 Å². The van der Waals surface area contributed by atoms with Gasteiger partial charge >= 0.3 is 0 Å². The molecule has 14 heteroatoms. The number of amides is 2. The molecule has 2 saturated heterocycles. The first kappa shape index (κ1) is 31.0. The van der Waals surface area contributed by atoms with Gasteiger partial charge in [0.1, 0.15) is 23.7 Å². The van der Waals surface area contributed by atoms with Crippen LogP contribution in [0.2, 0.25) is 0 Å². The van der Waals surface area contributed by atoms with E-state index in [1.54, 1.807) is 24.3 Å². The Bertz CT molecular complexity index is 1420. The molecule has 240 valence electrons. The maximum Gasteiger partial charge on any atom is 0.293 e. The van der Waals surface area contributed by atoms with Crippen molar-refractivity contribution in [1.29, 1.82) is 0 Å². The number of ether oxygens (including phenoxy) is 4. The zero-order valence-corrected chi connectivity index (χ0v) is 24.6. The van der Waals surface area contributed by atoms with Crippen LogP contribution in [0.4, 0.5) is 28.9 Å². The second-order valence-electron chi connectivity index (χ2n) is 11.3. The topological polar surface area (TPSA) is 102 Å². The predicted molar refractivity (Wildman–Crippen MR) is 155 cm³/mol. The first-order valence-corrected chi connectivity index (χ1v) is 14.6. The van der Waals surface area contributed by atoms with E-state index in [0.717, 1.165) is 9.80 Å². The molecule has 2 aromatic carbocycles. The maximum absolute atomic E-state index is 15.0. The highest BCUT2D eigenvalue weighted by Gasteiger charge is 2.58. The Kier molecular flexibility index (Phi) is 8.29. The summed E-state index contributed by atoms with van der Waals surface area (Å²) in [7, 11) is 2.89. The number of unbranched alkanes of at least 4 members (excludes halogenated alkanes) is 2. The van der Waals surface area contributed by atoms with E-state index in [9.17, 15) is 27.2 Å². The van der Waals surface area contributed by atoms with Crippen molar-refractivity contribution in [3.63, 3.8) is 0 Å². The summed E-state index contributed by atoms with van der Waals surface area (Å²) < 4.78 is 81.5. The number of hydrogen-bond donors (Lipinski definition) is 0. The number of methoxy groups -OCH3 is 2. The van der Waals surface area contributed by atoms with Gasteiger partial charge in [0.05, 0.1) is 61.9 Å². The van der Waals surface area contributed by atoms with Crippen LogP contribution < -0.4 is 9.47 Å². The smallest absolute Gasteiger partial charge is 0.293 e. The summed E-state index contributed by atoms with van der Waals surface area (Å²) in [6.07, 6.45) is 0.635. The van der Waals surface area contributed by atoms with Gasteiger partial charge in [-0.15, -0.1) is 0 Å². The van der Waals surface area contributed by atoms with Gasteiger partial charge in [-0.3, -0.25) is 19.6 Å². The first-order chi connectivity index (χ1) is 21.5. The number of rotatable bonds is 10. The Labute approximate surface area is 256 Å². The van der Waals surface area contributed by atoms with Crippen molar-refractivity contribution in [1.82, 2.24) is 9.80 Å². The van der Waals surface area contributed by atoms with Gasteiger partial charge in [0.2, 0.25) is 0 Å². The van der Waals surface area contributed by atoms with Gasteiger partial charge in [-0.1, -0.05) is 0 Å². The van der Waals surface area contributed by atoms with Crippen molar-refractivity contribution in [2.45, 2.75) is 55.4 Å². The Hall–Kier alpha value is -4.04. The SMILES string of the molecule is COc1ccc2c(c1)C(=O)N1CC(F)(F)C(OCCCCCOC3[C@H]4C=Nc5ccc(OC)cc5C(=O)N4CC3(F)F)[C@H]1C=N2. The molecule has 2 amide bonds.